The maximum absolute atomic E-state index is 13.1. The largest absolute Gasteiger partial charge is 0.386 e. The Morgan fingerprint density at radius 3 is 2.14 bits per heavy atom. The molecular formula is C15H22F2N2O2. The lowest BCUT2D eigenvalue weighted by Crippen LogP contribution is -2.47. The van der Waals surface area contributed by atoms with Crippen LogP contribution in [-0.4, -0.2) is 23.2 Å². The Morgan fingerprint density at radius 1 is 1.05 bits per heavy atom. The lowest BCUT2D eigenvalue weighted by Gasteiger charge is -2.23. The van der Waals surface area contributed by atoms with E-state index in [2.05, 4.69) is 10.6 Å². The van der Waals surface area contributed by atoms with Crippen LogP contribution in [0.2, 0.25) is 0 Å². The number of halogens is 2. The van der Waals surface area contributed by atoms with Gasteiger partial charge in [0.1, 0.15) is 0 Å². The number of carbonyl (C=O) groups excluding carboxylic acids is 1. The molecule has 3 unspecified atom stereocenters. The molecule has 0 radical (unpaired) electrons. The van der Waals surface area contributed by atoms with E-state index in [4.69, 9.17) is 0 Å². The summed E-state index contributed by atoms with van der Waals surface area (Å²) in [6.07, 6.45) is -1.12. The molecule has 4 nitrogen and oxygen atoms in total. The standard InChI is InChI=1S/C15H22F2N2O2/c1-8(2)9(3)18-15(21)19-10(4)14(20)11-5-6-12(16)13(17)7-11/h5-10,14,20H,1-4H3,(H2,18,19,21). The van der Waals surface area contributed by atoms with Gasteiger partial charge in [0, 0.05) is 6.04 Å². The van der Waals surface area contributed by atoms with Crippen LogP contribution < -0.4 is 10.6 Å². The number of hydrogen-bond acceptors (Lipinski definition) is 2. The fourth-order valence-corrected chi connectivity index (χ4v) is 1.69. The molecule has 0 heterocycles. The van der Waals surface area contributed by atoms with Crippen molar-refractivity contribution < 1.29 is 18.7 Å². The molecule has 2 amide bonds. The highest BCUT2D eigenvalue weighted by atomic mass is 19.2. The quantitative estimate of drug-likeness (QED) is 0.783. The highest BCUT2D eigenvalue weighted by Crippen LogP contribution is 2.19. The van der Waals surface area contributed by atoms with Crippen LogP contribution in [0.25, 0.3) is 0 Å². The zero-order valence-electron chi connectivity index (χ0n) is 12.7. The second-order valence-corrected chi connectivity index (χ2v) is 5.56. The average molecular weight is 300 g/mol. The van der Waals surface area contributed by atoms with Crippen LogP contribution in [0.1, 0.15) is 39.4 Å². The van der Waals surface area contributed by atoms with Gasteiger partial charge in [-0.3, -0.25) is 0 Å². The predicted molar refractivity (Wildman–Crippen MR) is 76.7 cm³/mol. The summed E-state index contributed by atoms with van der Waals surface area (Å²) >= 11 is 0. The molecule has 0 spiro atoms. The molecule has 118 valence electrons. The Balaban J connectivity index is 2.63. The molecule has 0 saturated carbocycles. The van der Waals surface area contributed by atoms with Gasteiger partial charge in [-0.1, -0.05) is 19.9 Å². The Kier molecular flexibility index (Phi) is 6.08. The molecule has 0 saturated heterocycles. The van der Waals surface area contributed by atoms with Gasteiger partial charge in [-0.05, 0) is 37.5 Å². The lowest BCUT2D eigenvalue weighted by atomic mass is 10.0. The molecule has 0 aliphatic carbocycles. The summed E-state index contributed by atoms with van der Waals surface area (Å²) in [4.78, 5) is 11.8. The van der Waals surface area contributed by atoms with E-state index in [1.54, 1.807) is 6.92 Å². The van der Waals surface area contributed by atoms with Gasteiger partial charge in [-0.2, -0.15) is 0 Å². The third kappa shape index (κ3) is 4.97. The average Bonchev–Trinajstić information content (AvgIpc) is 2.40. The van der Waals surface area contributed by atoms with Crippen molar-refractivity contribution in [3.8, 4) is 0 Å². The van der Waals surface area contributed by atoms with Crippen LogP contribution in [0.5, 0.6) is 0 Å². The molecule has 6 heteroatoms. The van der Waals surface area contributed by atoms with Crippen molar-refractivity contribution in [2.24, 2.45) is 5.92 Å². The predicted octanol–water partition coefficient (Wildman–Crippen LogP) is 2.73. The first-order valence-electron chi connectivity index (χ1n) is 6.92. The van der Waals surface area contributed by atoms with Crippen molar-refractivity contribution >= 4 is 6.03 Å². The summed E-state index contributed by atoms with van der Waals surface area (Å²) in [5.41, 5.74) is 0.207. The first-order chi connectivity index (χ1) is 9.72. The van der Waals surface area contributed by atoms with E-state index in [0.29, 0.717) is 0 Å². The second-order valence-electron chi connectivity index (χ2n) is 5.56. The molecule has 1 aromatic carbocycles. The fourth-order valence-electron chi connectivity index (χ4n) is 1.69. The molecule has 3 atom stereocenters. The summed E-state index contributed by atoms with van der Waals surface area (Å²) in [5.74, 6) is -1.73. The van der Waals surface area contributed by atoms with Crippen LogP contribution in [0.15, 0.2) is 18.2 Å². The number of nitrogens with one attached hydrogen (secondary N) is 2. The molecule has 21 heavy (non-hydrogen) atoms. The van der Waals surface area contributed by atoms with Gasteiger partial charge in [0.05, 0.1) is 12.1 Å². The molecule has 3 N–H and O–H groups in total. The fraction of sp³-hybridized carbons (Fsp3) is 0.533. The zero-order chi connectivity index (χ0) is 16.2. The van der Waals surface area contributed by atoms with Crippen molar-refractivity contribution in [2.75, 3.05) is 0 Å². The second kappa shape index (κ2) is 7.36. The van der Waals surface area contributed by atoms with Crippen molar-refractivity contribution in [2.45, 2.75) is 45.9 Å². The van der Waals surface area contributed by atoms with Crippen LogP contribution in [0.3, 0.4) is 0 Å². The lowest BCUT2D eigenvalue weighted by molar-refractivity contribution is 0.136. The summed E-state index contributed by atoms with van der Waals surface area (Å²) in [7, 11) is 0. The van der Waals surface area contributed by atoms with E-state index >= 15 is 0 Å². The minimum atomic E-state index is -1.12. The number of amides is 2. The number of benzene rings is 1. The van der Waals surface area contributed by atoms with Gasteiger partial charge in [-0.25, -0.2) is 13.6 Å². The Bertz CT molecular complexity index is 495. The Labute approximate surface area is 123 Å². The van der Waals surface area contributed by atoms with Crippen LogP contribution in [0.4, 0.5) is 13.6 Å². The Hall–Kier alpha value is -1.69. The maximum atomic E-state index is 13.1. The molecule has 0 bridgehead atoms. The summed E-state index contributed by atoms with van der Waals surface area (Å²) in [5, 5.41) is 15.4. The zero-order valence-corrected chi connectivity index (χ0v) is 12.7. The van der Waals surface area contributed by atoms with Crippen LogP contribution >= 0.6 is 0 Å². The molecule has 0 aliphatic heterocycles. The molecule has 1 aromatic rings. The van der Waals surface area contributed by atoms with E-state index in [9.17, 15) is 18.7 Å². The SMILES string of the molecule is CC(C)C(C)NC(=O)NC(C)C(O)c1ccc(F)c(F)c1. The van der Waals surface area contributed by atoms with Crippen LogP contribution in [-0.2, 0) is 0 Å². The number of rotatable bonds is 5. The third-order valence-electron chi connectivity index (χ3n) is 3.48. The molecule has 0 aromatic heterocycles. The number of aliphatic hydroxyl groups excluding tert-OH is 1. The summed E-state index contributed by atoms with van der Waals surface area (Å²) < 4.78 is 26.0. The van der Waals surface area contributed by atoms with Crippen molar-refractivity contribution in [3.05, 3.63) is 35.4 Å². The van der Waals surface area contributed by atoms with Gasteiger partial charge in [-0.15, -0.1) is 0 Å². The first kappa shape index (κ1) is 17.4. The van der Waals surface area contributed by atoms with E-state index in [0.717, 1.165) is 12.1 Å². The highest BCUT2D eigenvalue weighted by molar-refractivity contribution is 5.74. The number of aliphatic hydroxyl groups is 1. The monoisotopic (exact) mass is 300 g/mol. The van der Waals surface area contributed by atoms with Gasteiger partial charge in [0.2, 0.25) is 0 Å². The van der Waals surface area contributed by atoms with Gasteiger partial charge >= 0.3 is 6.03 Å². The number of carbonyl (C=O) groups is 1. The van der Waals surface area contributed by atoms with E-state index in [1.807, 2.05) is 20.8 Å². The highest BCUT2D eigenvalue weighted by Gasteiger charge is 2.20. The molecule has 1 rings (SSSR count). The minimum Gasteiger partial charge on any atom is -0.386 e. The normalized spacial score (nSPS) is 15.4. The summed E-state index contributed by atoms with van der Waals surface area (Å²) in [6, 6.07) is 2.08. The van der Waals surface area contributed by atoms with Crippen LogP contribution in [0, 0.1) is 17.6 Å². The molecular weight excluding hydrogens is 278 g/mol. The van der Waals surface area contributed by atoms with Gasteiger partial charge in [0.15, 0.2) is 11.6 Å². The molecule has 0 fully saturated rings. The van der Waals surface area contributed by atoms with Crippen molar-refractivity contribution in [3.63, 3.8) is 0 Å². The Morgan fingerprint density at radius 2 is 1.62 bits per heavy atom. The third-order valence-corrected chi connectivity index (χ3v) is 3.48. The van der Waals surface area contributed by atoms with Gasteiger partial charge in [0.25, 0.3) is 0 Å². The summed E-state index contributed by atoms with van der Waals surface area (Å²) in [6.45, 7) is 7.42. The molecule has 0 aliphatic rings. The minimum absolute atomic E-state index is 0.0161. The topological polar surface area (TPSA) is 61.4 Å². The first-order valence-corrected chi connectivity index (χ1v) is 6.92. The smallest absolute Gasteiger partial charge is 0.315 e. The maximum Gasteiger partial charge on any atom is 0.315 e. The van der Waals surface area contributed by atoms with E-state index < -0.39 is 29.8 Å². The van der Waals surface area contributed by atoms with Gasteiger partial charge < -0.3 is 15.7 Å². The van der Waals surface area contributed by atoms with E-state index in [-0.39, 0.29) is 17.5 Å². The number of hydrogen-bond donors (Lipinski definition) is 3. The van der Waals surface area contributed by atoms with Crippen molar-refractivity contribution in [1.29, 1.82) is 0 Å². The van der Waals surface area contributed by atoms with Crippen molar-refractivity contribution in [1.82, 2.24) is 10.6 Å². The number of urea groups is 1. The van der Waals surface area contributed by atoms with E-state index in [1.165, 1.54) is 6.07 Å².